The van der Waals surface area contributed by atoms with Crippen LogP contribution < -0.4 is 31.4 Å². The molecule has 0 atom stereocenters. The van der Waals surface area contributed by atoms with Crippen LogP contribution in [0.25, 0.3) is 0 Å². The Bertz CT molecular complexity index is 1880. The number of hydrogen-bond acceptors (Lipinski definition) is 6. The molecule has 0 N–H and O–H groups in total. The molecule has 0 aliphatic heterocycles. The van der Waals surface area contributed by atoms with Gasteiger partial charge in [-0.25, -0.2) is 0 Å². The first-order chi connectivity index (χ1) is 32.4. The molecule has 71 heavy (non-hydrogen) atoms. The molecular formula is C49H56AuBCl6F4N4O2P2Pd2. The van der Waals surface area contributed by atoms with E-state index in [0.29, 0.717) is 0 Å². The van der Waals surface area contributed by atoms with Gasteiger partial charge in [0.05, 0.1) is 32.2 Å². The van der Waals surface area contributed by atoms with E-state index in [0.717, 1.165) is 34.3 Å². The number of benzene rings is 6. The second kappa shape index (κ2) is 52.1. The molecule has 0 aromatic heterocycles. The van der Waals surface area contributed by atoms with Crippen molar-refractivity contribution in [3.63, 3.8) is 0 Å². The van der Waals surface area contributed by atoms with Gasteiger partial charge in [0.25, 0.3) is 0 Å². The van der Waals surface area contributed by atoms with E-state index in [-0.39, 0.29) is 91.0 Å². The van der Waals surface area contributed by atoms with Gasteiger partial charge < -0.3 is 37.3 Å². The molecule has 6 aromatic rings. The summed E-state index contributed by atoms with van der Waals surface area (Å²) in [6, 6.07) is 62.2. The third-order valence-corrected chi connectivity index (χ3v) is 11.1. The second-order valence-electron chi connectivity index (χ2n) is 13.3. The molecule has 6 nitrogen and oxygen atoms in total. The summed E-state index contributed by atoms with van der Waals surface area (Å²) in [4.78, 5) is 4.26. The zero-order valence-electron chi connectivity index (χ0n) is 39.5. The Kier molecular flexibility index (Phi) is 57.6. The second-order valence-corrected chi connectivity index (χ2v) is 19.4. The van der Waals surface area contributed by atoms with E-state index in [1.807, 2.05) is 158 Å². The van der Waals surface area contributed by atoms with Crippen LogP contribution in [-0.2, 0) is 76.3 Å². The monoisotopic (exact) mass is 1500 g/mol. The Morgan fingerprint density at radius 2 is 0.662 bits per heavy atom. The smallest absolute Gasteiger partial charge is 0.862 e. The zero-order chi connectivity index (χ0) is 51.6. The summed E-state index contributed by atoms with van der Waals surface area (Å²) in [6.07, 6.45) is 0. The number of hydrogen-bond donors (Lipinski definition) is 0. The summed E-state index contributed by atoms with van der Waals surface area (Å²) in [5.74, 6) is -0.243. The predicted molar refractivity (Wildman–Crippen MR) is 290 cm³/mol. The molecule has 22 heteroatoms. The summed E-state index contributed by atoms with van der Waals surface area (Å²) in [5.41, 5.74) is 2.49. The van der Waals surface area contributed by atoms with Crippen molar-refractivity contribution in [3.05, 3.63) is 193 Å². The number of alkyl halides is 6. The van der Waals surface area contributed by atoms with Crippen LogP contribution in [-0.4, -0.2) is 73.1 Å². The summed E-state index contributed by atoms with van der Waals surface area (Å²) in [7, 11) is 0.396. The van der Waals surface area contributed by atoms with Gasteiger partial charge in [0.2, 0.25) is 0 Å². The molecular weight excluding hydrogens is 1450 g/mol. The topological polar surface area (TPSA) is 77.3 Å². The van der Waals surface area contributed by atoms with Gasteiger partial charge in [0.1, 0.15) is 0 Å². The largest absolute Gasteiger partial charge is 2.00 e. The SMILES string of the molecule is C/C([O-])=N/P(c1ccccc1)c1ccccc1.C/C([O-])=N/P(c1ccccc1)c1ccccc1.CN(C)Cc1[c-]cccc1.CN(C)Cc1[c-]cccc1.ClCCl.ClCCl.ClCCl.F[B-](F)(F)F.[Au+].[Pd+2].[Pd+2]. The molecule has 0 bridgehead atoms. The summed E-state index contributed by atoms with van der Waals surface area (Å²) >= 11 is 28.6. The van der Waals surface area contributed by atoms with Gasteiger partial charge in [0.15, 0.2) is 0 Å². The quantitative estimate of drug-likeness (QED) is 0.0260. The molecule has 0 unspecified atom stereocenters. The van der Waals surface area contributed by atoms with Crippen LogP contribution in [0.15, 0.2) is 179 Å². The first-order valence-corrected chi connectivity index (χ1v) is 25.8. The van der Waals surface area contributed by atoms with Gasteiger partial charge >= 0.3 is 70.5 Å². The standard InChI is InChI=1S/2C14H14NOP.2C9H12N.3CH2Cl2.Au.BF4.2Pd/c2*1-12(16)15-17(13-8-4-2-5-9-13)14-10-6-3-7-11-14;2*1-10(2)8-9-6-4-3-5-7-9;3*2-1-3;;2-1(3,4)5;;/h2*2-11H,1H3,(H,15,16);2*3-6H,8H2,1-2H3;3*1H2;;;;/q;;2*-1;;;;+1;-1;2*+2/p-2. The van der Waals surface area contributed by atoms with Crippen molar-refractivity contribution in [1.82, 2.24) is 9.80 Å². The fourth-order valence-electron chi connectivity index (χ4n) is 4.83. The Morgan fingerprint density at radius 3 is 0.817 bits per heavy atom. The van der Waals surface area contributed by atoms with Gasteiger partial charge in [-0.1, -0.05) is 121 Å². The van der Waals surface area contributed by atoms with Gasteiger partial charge in [-0.05, 0) is 53.8 Å². The third-order valence-electron chi connectivity index (χ3n) is 7.00. The molecule has 0 fully saturated rings. The molecule has 0 saturated carbocycles. The first kappa shape index (κ1) is 78.5. The van der Waals surface area contributed by atoms with E-state index in [1.165, 1.54) is 25.0 Å². The molecule has 0 aliphatic rings. The fourth-order valence-corrected chi connectivity index (χ4v) is 8.27. The minimum absolute atomic E-state index is 0. The molecule has 6 aromatic carbocycles. The normalized spacial score (nSPS) is 10.1. The maximum absolute atomic E-state index is 11.3. The van der Waals surface area contributed by atoms with Crippen molar-refractivity contribution in [2.75, 3.05) is 44.2 Å². The van der Waals surface area contributed by atoms with Crippen molar-refractivity contribution < 1.29 is 90.7 Å². The molecule has 0 aliphatic carbocycles. The van der Waals surface area contributed by atoms with Crippen molar-refractivity contribution in [3.8, 4) is 0 Å². The average Bonchev–Trinajstić information content (AvgIpc) is 3.30. The van der Waals surface area contributed by atoms with Crippen molar-refractivity contribution in [2.24, 2.45) is 9.53 Å². The molecule has 0 radical (unpaired) electrons. The molecule has 0 saturated heterocycles. The Labute approximate surface area is 495 Å². The van der Waals surface area contributed by atoms with Gasteiger partial charge in [-0.15, -0.1) is 80.7 Å². The van der Waals surface area contributed by atoms with Crippen LogP contribution >= 0.6 is 85.8 Å². The molecule has 6 rings (SSSR count). The number of rotatable bonds is 10. The van der Waals surface area contributed by atoms with Crippen molar-refractivity contribution in [2.45, 2.75) is 26.9 Å². The minimum atomic E-state index is -6.00. The van der Waals surface area contributed by atoms with Crippen molar-refractivity contribution in [1.29, 1.82) is 0 Å². The van der Waals surface area contributed by atoms with E-state index >= 15 is 0 Å². The van der Waals surface area contributed by atoms with E-state index in [2.05, 4.69) is 71.8 Å². The summed E-state index contributed by atoms with van der Waals surface area (Å²) in [6.45, 7) is 4.95. The number of nitrogens with zero attached hydrogens (tertiary/aromatic N) is 4. The van der Waals surface area contributed by atoms with E-state index in [9.17, 15) is 27.5 Å². The van der Waals surface area contributed by atoms with Crippen LogP contribution in [0.1, 0.15) is 25.0 Å². The van der Waals surface area contributed by atoms with Gasteiger partial charge in [-0.2, -0.15) is 60.7 Å². The molecule has 398 valence electrons. The van der Waals surface area contributed by atoms with E-state index in [4.69, 9.17) is 69.6 Å². The van der Waals surface area contributed by atoms with Crippen LogP contribution in [0.3, 0.4) is 0 Å². The average molecular weight is 1500 g/mol. The summed E-state index contributed by atoms with van der Waals surface area (Å²) in [5, 5.41) is 27.5. The van der Waals surface area contributed by atoms with E-state index < -0.39 is 23.4 Å². The van der Waals surface area contributed by atoms with Gasteiger partial charge in [-0.3, -0.25) is 9.53 Å². The Hall–Kier alpha value is -1.37. The molecule has 0 heterocycles. The first-order valence-electron chi connectivity index (χ1n) is 20.1. The Morgan fingerprint density at radius 1 is 0.465 bits per heavy atom. The van der Waals surface area contributed by atoms with Gasteiger partial charge in [0, 0.05) is 34.3 Å². The van der Waals surface area contributed by atoms with Crippen LogP contribution in [0.2, 0.25) is 0 Å². The van der Waals surface area contributed by atoms with Crippen LogP contribution in [0.5, 0.6) is 0 Å². The maximum Gasteiger partial charge on any atom is 2.00 e. The summed E-state index contributed by atoms with van der Waals surface area (Å²) < 4.78 is 47.5. The minimum Gasteiger partial charge on any atom is -0.862 e. The Balaban J connectivity index is -0.000000252. The van der Waals surface area contributed by atoms with E-state index in [1.54, 1.807) is 0 Å². The molecule has 0 amide bonds. The zero-order valence-corrected chi connectivity index (χ0v) is 51.1. The molecule has 0 spiro atoms. The predicted octanol–water partition coefficient (Wildman–Crippen LogP) is 12.3. The maximum atomic E-state index is 11.3. The van der Waals surface area contributed by atoms with Crippen molar-refractivity contribution >= 4 is 126 Å². The van der Waals surface area contributed by atoms with Crippen LogP contribution in [0, 0.1) is 12.1 Å². The number of halogens is 10. The fraction of sp³-hybridized carbons (Fsp3) is 0.224. The third kappa shape index (κ3) is 49.3. The van der Waals surface area contributed by atoms with Crippen LogP contribution in [0.4, 0.5) is 17.3 Å².